The van der Waals surface area contributed by atoms with Crippen LogP contribution in [-0.2, 0) is 4.74 Å². The first-order chi connectivity index (χ1) is 11.9. The summed E-state index contributed by atoms with van der Waals surface area (Å²) in [7, 11) is 0. The number of benzene rings is 1. The minimum atomic E-state index is -1.41. The second kappa shape index (κ2) is 7.05. The molecule has 1 saturated heterocycles. The van der Waals surface area contributed by atoms with Crippen LogP contribution in [0.5, 0.6) is 0 Å². The van der Waals surface area contributed by atoms with Gasteiger partial charge in [0.2, 0.25) is 0 Å². The Hall–Kier alpha value is -1.45. The van der Waals surface area contributed by atoms with Gasteiger partial charge in [0.05, 0.1) is 17.7 Å². The van der Waals surface area contributed by atoms with E-state index < -0.39 is 48.2 Å². The predicted molar refractivity (Wildman–Crippen MR) is 91.2 cm³/mol. The molecule has 3 rings (SSSR count). The lowest BCUT2D eigenvalue weighted by Gasteiger charge is -2.45. The molecule has 0 aliphatic carbocycles. The van der Waals surface area contributed by atoms with Gasteiger partial charge in [0, 0.05) is 5.25 Å². The minimum Gasteiger partial charge on any atom is -0.394 e. The van der Waals surface area contributed by atoms with Crippen LogP contribution in [0, 0.1) is 0 Å². The van der Waals surface area contributed by atoms with Crippen LogP contribution in [0.4, 0.5) is 0 Å². The van der Waals surface area contributed by atoms with E-state index in [1.807, 2.05) is 13.8 Å². The lowest BCUT2D eigenvalue weighted by atomic mass is 9.97. The highest BCUT2D eigenvalue weighted by atomic mass is 32.2. The molecule has 1 fully saturated rings. The van der Waals surface area contributed by atoms with E-state index in [1.54, 1.807) is 24.3 Å². The number of hydrogen-bond acceptors (Lipinski definition) is 7. The van der Waals surface area contributed by atoms with Crippen molar-refractivity contribution in [1.29, 1.82) is 0 Å². The zero-order valence-corrected chi connectivity index (χ0v) is 14.7. The molecule has 3 N–H and O–H groups in total. The van der Waals surface area contributed by atoms with E-state index in [0.717, 1.165) is 4.90 Å². The zero-order valence-electron chi connectivity index (χ0n) is 13.9. The molecule has 2 aliphatic heterocycles. The van der Waals surface area contributed by atoms with E-state index in [4.69, 9.17) is 4.74 Å². The van der Waals surface area contributed by atoms with Crippen LogP contribution in [0.1, 0.15) is 34.6 Å². The SMILES string of the molecule is CC(C)S[C@@H]1O[C@H](CO)[C@@H](O)[C@H](O)[C@H]1N1C(=O)c2ccccc2C1=O. The van der Waals surface area contributed by atoms with Crippen LogP contribution < -0.4 is 0 Å². The Morgan fingerprint density at radius 2 is 1.68 bits per heavy atom. The molecule has 2 aliphatic rings. The van der Waals surface area contributed by atoms with Gasteiger partial charge in [0.15, 0.2) is 0 Å². The third-order valence-corrected chi connectivity index (χ3v) is 5.58. The van der Waals surface area contributed by atoms with Crippen LogP contribution in [0.15, 0.2) is 24.3 Å². The number of amides is 2. The van der Waals surface area contributed by atoms with Gasteiger partial charge in [-0.05, 0) is 12.1 Å². The molecule has 0 bridgehead atoms. The van der Waals surface area contributed by atoms with Gasteiger partial charge in [-0.3, -0.25) is 14.5 Å². The third kappa shape index (κ3) is 3.09. The first-order valence-corrected chi connectivity index (χ1v) is 9.06. The predicted octanol–water partition coefficient (Wildman–Crippen LogP) is 0.232. The fourth-order valence-corrected chi connectivity index (χ4v) is 4.39. The summed E-state index contributed by atoms with van der Waals surface area (Å²) in [5.41, 5.74) is -0.212. The number of carbonyl (C=O) groups excluding carboxylic acids is 2. The van der Waals surface area contributed by atoms with Crippen molar-refractivity contribution in [2.24, 2.45) is 0 Å². The zero-order chi connectivity index (χ0) is 18.3. The Balaban J connectivity index is 1.98. The number of imide groups is 1. The smallest absolute Gasteiger partial charge is 0.262 e. The number of carbonyl (C=O) groups is 2. The highest BCUT2D eigenvalue weighted by Gasteiger charge is 2.52. The number of rotatable bonds is 4. The van der Waals surface area contributed by atoms with Gasteiger partial charge in [-0.2, -0.15) is 0 Å². The maximum absolute atomic E-state index is 12.7. The maximum atomic E-state index is 12.7. The second-order valence-corrected chi connectivity index (χ2v) is 8.09. The van der Waals surface area contributed by atoms with Crippen molar-refractivity contribution in [1.82, 2.24) is 4.90 Å². The Labute approximate surface area is 149 Å². The van der Waals surface area contributed by atoms with Gasteiger partial charge in [0.1, 0.15) is 29.8 Å². The number of nitrogens with zero attached hydrogens (tertiary/aromatic N) is 1. The van der Waals surface area contributed by atoms with Crippen molar-refractivity contribution in [3.8, 4) is 0 Å². The molecule has 136 valence electrons. The molecule has 1 aromatic carbocycles. The maximum Gasteiger partial charge on any atom is 0.262 e. The quantitative estimate of drug-likeness (QED) is 0.654. The molecule has 1 aromatic rings. The number of fused-ring (bicyclic) bond motifs is 1. The number of aliphatic hydroxyl groups is 3. The molecule has 0 radical (unpaired) electrons. The molecule has 0 saturated carbocycles. The summed E-state index contributed by atoms with van der Waals surface area (Å²) < 4.78 is 5.71. The van der Waals surface area contributed by atoms with E-state index in [-0.39, 0.29) is 16.4 Å². The largest absolute Gasteiger partial charge is 0.394 e. The summed E-state index contributed by atoms with van der Waals surface area (Å²) in [6, 6.07) is 5.40. The molecule has 0 unspecified atom stereocenters. The van der Waals surface area contributed by atoms with Crippen molar-refractivity contribution in [2.45, 2.75) is 48.9 Å². The van der Waals surface area contributed by atoms with E-state index in [2.05, 4.69) is 0 Å². The molecule has 2 amide bonds. The van der Waals surface area contributed by atoms with Crippen molar-refractivity contribution >= 4 is 23.6 Å². The highest BCUT2D eigenvalue weighted by Crippen LogP contribution is 2.37. The molecule has 2 heterocycles. The summed E-state index contributed by atoms with van der Waals surface area (Å²) in [5, 5.41) is 30.3. The molecule has 7 nitrogen and oxygen atoms in total. The number of aliphatic hydroxyl groups excluding tert-OH is 3. The number of ether oxygens (including phenoxy) is 1. The average Bonchev–Trinajstić information content (AvgIpc) is 2.83. The summed E-state index contributed by atoms with van der Waals surface area (Å²) >= 11 is 1.33. The number of hydrogen-bond donors (Lipinski definition) is 3. The monoisotopic (exact) mass is 367 g/mol. The molecule has 0 aromatic heterocycles. The van der Waals surface area contributed by atoms with Crippen LogP contribution in [0.3, 0.4) is 0 Å². The topological polar surface area (TPSA) is 107 Å². The Morgan fingerprint density at radius 1 is 1.12 bits per heavy atom. The Kier molecular flexibility index (Phi) is 5.17. The van der Waals surface area contributed by atoms with Crippen molar-refractivity contribution in [2.75, 3.05) is 6.61 Å². The van der Waals surface area contributed by atoms with Crippen molar-refractivity contribution in [3.63, 3.8) is 0 Å². The van der Waals surface area contributed by atoms with E-state index >= 15 is 0 Å². The van der Waals surface area contributed by atoms with Gasteiger partial charge < -0.3 is 20.1 Å². The lowest BCUT2D eigenvalue weighted by Crippen LogP contribution is -2.64. The third-order valence-electron chi connectivity index (χ3n) is 4.38. The van der Waals surface area contributed by atoms with Crippen molar-refractivity contribution in [3.05, 3.63) is 35.4 Å². The molecular weight excluding hydrogens is 346 g/mol. The average molecular weight is 367 g/mol. The van der Waals surface area contributed by atoms with Gasteiger partial charge in [-0.1, -0.05) is 26.0 Å². The summed E-state index contributed by atoms with van der Waals surface area (Å²) in [6.45, 7) is 3.36. The van der Waals surface area contributed by atoms with E-state index in [9.17, 15) is 24.9 Å². The van der Waals surface area contributed by atoms with Crippen molar-refractivity contribution < 1.29 is 29.6 Å². The van der Waals surface area contributed by atoms with E-state index in [0.29, 0.717) is 0 Å². The lowest BCUT2D eigenvalue weighted by molar-refractivity contribution is -0.181. The van der Waals surface area contributed by atoms with Crippen LogP contribution in [0.25, 0.3) is 0 Å². The van der Waals surface area contributed by atoms with Gasteiger partial charge in [0.25, 0.3) is 11.8 Å². The Morgan fingerprint density at radius 3 is 2.16 bits per heavy atom. The molecule has 25 heavy (non-hydrogen) atoms. The first-order valence-electron chi connectivity index (χ1n) is 8.11. The van der Waals surface area contributed by atoms with Crippen LogP contribution in [-0.4, -0.2) is 73.7 Å². The molecular formula is C17H21NO6S. The summed E-state index contributed by atoms with van der Waals surface area (Å²) in [4.78, 5) is 26.5. The molecule has 5 atom stereocenters. The molecule has 0 spiro atoms. The fourth-order valence-electron chi connectivity index (χ4n) is 3.20. The normalized spacial score (nSPS) is 32.4. The Bertz CT molecular complexity index is 646. The summed E-state index contributed by atoms with van der Waals surface area (Å²) in [6.07, 6.45) is -3.79. The van der Waals surface area contributed by atoms with E-state index in [1.165, 1.54) is 11.8 Å². The summed E-state index contributed by atoms with van der Waals surface area (Å²) in [5.74, 6) is -1.03. The second-order valence-electron chi connectivity index (χ2n) is 6.41. The fraction of sp³-hybridized carbons (Fsp3) is 0.529. The first kappa shape index (κ1) is 18.3. The number of thioether (sulfide) groups is 1. The van der Waals surface area contributed by atoms with Crippen LogP contribution in [0.2, 0.25) is 0 Å². The van der Waals surface area contributed by atoms with Gasteiger partial charge >= 0.3 is 0 Å². The highest BCUT2D eigenvalue weighted by molar-refractivity contribution is 8.00. The molecule has 8 heteroatoms. The standard InChI is InChI=1S/C17H21NO6S/c1-8(2)25-17-12(14(21)13(20)11(7-19)24-17)18-15(22)9-5-3-4-6-10(9)16(18)23/h3-6,8,11-14,17,19-21H,7H2,1-2H3/t11-,12-,13-,14-,17+/m1/s1. The van der Waals surface area contributed by atoms with Gasteiger partial charge in [-0.25, -0.2) is 0 Å². The minimum absolute atomic E-state index is 0.0875. The van der Waals surface area contributed by atoms with Gasteiger partial charge in [-0.15, -0.1) is 11.8 Å². The van der Waals surface area contributed by atoms with Crippen LogP contribution >= 0.6 is 11.8 Å².